The molecule has 7 heteroatoms. The monoisotopic (exact) mass is 357 g/mol. The SMILES string of the molecule is COCCn1c(C)cc(/C=N/Nc2ncnc3sc(C)c(C)c23)c1C. The molecule has 0 bridgehead atoms. The zero-order valence-corrected chi connectivity index (χ0v) is 16.1. The third kappa shape index (κ3) is 3.43. The van der Waals surface area contributed by atoms with Gasteiger partial charge in [-0.15, -0.1) is 11.3 Å². The first-order valence-corrected chi connectivity index (χ1v) is 9.00. The second-order valence-corrected chi connectivity index (χ2v) is 7.23. The van der Waals surface area contributed by atoms with Gasteiger partial charge >= 0.3 is 0 Å². The first kappa shape index (κ1) is 17.6. The molecule has 0 aliphatic heterocycles. The van der Waals surface area contributed by atoms with Gasteiger partial charge in [0.05, 0.1) is 18.2 Å². The number of fused-ring (bicyclic) bond motifs is 1. The Hall–Kier alpha value is -2.25. The lowest BCUT2D eigenvalue weighted by Crippen LogP contribution is -2.07. The summed E-state index contributed by atoms with van der Waals surface area (Å²) >= 11 is 1.68. The first-order valence-electron chi connectivity index (χ1n) is 8.18. The molecular weight excluding hydrogens is 334 g/mol. The molecule has 0 aromatic carbocycles. The average molecular weight is 357 g/mol. The largest absolute Gasteiger partial charge is 0.383 e. The molecule has 0 aliphatic carbocycles. The van der Waals surface area contributed by atoms with Crippen LogP contribution in [0, 0.1) is 27.7 Å². The number of ether oxygens (including phenoxy) is 1. The van der Waals surface area contributed by atoms with Crippen molar-refractivity contribution in [2.45, 2.75) is 34.2 Å². The van der Waals surface area contributed by atoms with Gasteiger partial charge in [0.25, 0.3) is 0 Å². The fraction of sp³-hybridized carbons (Fsp3) is 0.389. The fourth-order valence-corrected chi connectivity index (χ4v) is 3.91. The highest BCUT2D eigenvalue weighted by Gasteiger charge is 2.11. The molecule has 0 fully saturated rings. The third-order valence-electron chi connectivity index (χ3n) is 4.47. The molecule has 1 N–H and O–H groups in total. The number of aryl methyl sites for hydroxylation is 3. The number of nitrogens with one attached hydrogen (secondary N) is 1. The van der Waals surface area contributed by atoms with Gasteiger partial charge in [0.2, 0.25) is 0 Å². The second kappa shape index (κ2) is 7.33. The van der Waals surface area contributed by atoms with E-state index in [2.05, 4.69) is 58.8 Å². The number of thiophene rings is 1. The van der Waals surface area contributed by atoms with Crippen LogP contribution in [0.5, 0.6) is 0 Å². The van der Waals surface area contributed by atoms with E-state index in [0.29, 0.717) is 6.61 Å². The van der Waals surface area contributed by atoms with Crippen molar-refractivity contribution in [3.63, 3.8) is 0 Å². The Morgan fingerprint density at radius 1 is 1.28 bits per heavy atom. The van der Waals surface area contributed by atoms with Gasteiger partial charge in [-0.05, 0) is 39.3 Å². The van der Waals surface area contributed by atoms with E-state index in [-0.39, 0.29) is 0 Å². The molecule has 0 spiro atoms. The Bertz CT molecular complexity index is 925. The molecule has 0 unspecified atom stereocenters. The zero-order chi connectivity index (χ0) is 18.0. The standard InChI is InChI=1S/C18H23N5OS/c1-11-8-15(13(3)23(11)6-7-24-5)9-21-22-17-16-12(2)14(4)25-18(16)20-10-19-17/h8-10H,6-7H2,1-5H3,(H,19,20,22)/b21-9+. The molecule has 132 valence electrons. The van der Waals surface area contributed by atoms with E-state index >= 15 is 0 Å². The molecular formula is C18H23N5OS. The quantitative estimate of drug-likeness (QED) is 0.538. The number of hydrogen-bond donors (Lipinski definition) is 1. The minimum Gasteiger partial charge on any atom is -0.383 e. The molecule has 6 nitrogen and oxygen atoms in total. The highest BCUT2D eigenvalue weighted by Crippen LogP contribution is 2.32. The molecule has 0 amide bonds. The van der Waals surface area contributed by atoms with E-state index in [4.69, 9.17) is 4.74 Å². The van der Waals surface area contributed by atoms with Crippen LogP contribution >= 0.6 is 11.3 Å². The molecule has 3 aromatic rings. The number of aromatic nitrogens is 3. The van der Waals surface area contributed by atoms with Crippen LogP contribution in [-0.2, 0) is 11.3 Å². The van der Waals surface area contributed by atoms with Crippen molar-refractivity contribution in [3.05, 3.63) is 39.8 Å². The van der Waals surface area contributed by atoms with Crippen molar-refractivity contribution in [2.75, 3.05) is 19.1 Å². The van der Waals surface area contributed by atoms with Crippen LogP contribution in [0.25, 0.3) is 10.2 Å². The maximum Gasteiger partial charge on any atom is 0.158 e. The van der Waals surface area contributed by atoms with Crippen LogP contribution in [0.3, 0.4) is 0 Å². The molecule has 3 aromatic heterocycles. The van der Waals surface area contributed by atoms with E-state index in [1.807, 2.05) is 6.21 Å². The highest BCUT2D eigenvalue weighted by molar-refractivity contribution is 7.18. The minimum atomic E-state index is 0.695. The minimum absolute atomic E-state index is 0.695. The van der Waals surface area contributed by atoms with Crippen LogP contribution in [0.4, 0.5) is 5.82 Å². The lowest BCUT2D eigenvalue weighted by Gasteiger charge is -2.08. The van der Waals surface area contributed by atoms with Crippen LogP contribution in [0.2, 0.25) is 0 Å². The first-order chi connectivity index (χ1) is 12.0. The van der Waals surface area contributed by atoms with Gasteiger partial charge in [-0.25, -0.2) is 9.97 Å². The number of nitrogens with zero attached hydrogens (tertiary/aromatic N) is 4. The molecule has 0 saturated carbocycles. The number of hydrogen-bond acceptors (Lipinski definition) is 6. The number of methoxy groups -OCH3 is 1. The molecule has 0 radical (unpaired) electrons. The maximum absolute atomic E-state index is 5.18. The Morgan fingerprint density at radius 3 is 2.84 bits per heavy atom. The van der Waals surface area contributed by atoms with Gasteiger partial charge < -0.3 is 9.30 Å². The maximum atomic E-state index is 5.18. The Balaban J connectivity index is 1.83. The second-order valence-electron chi connectivity index (χ2n) is 6.03. The third-order valence-corrected chi connectivity index (χ3v) is 5.59. The van der Waals surface area contributed by atoms with Gasteiger partial charge in [-0.3, -0.25) is 5.43 Å². The summed E-state index contributed by atoms with van der Waals surface area (Å²) in [7, 11) is 1.72. The Kier molecular flexibility index (Phi) is 5.15. The van der Waals surface area contributed by atoms with Crippen LogP contribution in [0.15, 0.2) is 17.5 Å². The predicted octanol–water partition coefficient (Wildman–Crippen LogP) is 3.82. The van der Waals surface area contributed by atoms with E-state index < -0.39 is 0 Å². The van der Waals surface area contributed by atoms with Crippen molar-refractivity contribution in [1.29, 1.82) is 0 Å². The van der Waals surface area contributed by atoms with Crippen LogP contribution in [0.1, 0.15) is 27.4 Å². The number of hydrazone groups is 1. The van der Waals surface area contributed by atoms with Gasteiger partial charge in [0.15, 0.2) is 5.82 Å². The summed E-state index contributed by atoms with van der Waals surface area (Å²) < 4.78 is 7.41. The molecule has 0 atom stereocenters. The fourth-order valence-electron chi connectivity index (χ4n) is 2.92. The average Bonchev–Trinajstić information content (AvgIpc) is 3.03. The van der Waals surface area contributed by atoms with Crippen molar-refractivity contribution >= 4 is 33.6 Å². The van der Waals surface area contributed by atoms with E-state index in [9.17, 15) is 0 Å². The summed E-state index contributed by atoms with van der Waals surface area (Å²) in [6, 6.07) is 2.13. The summed E-state index contributed by atoms with van der Waals surface area (Å²) in [6.45, 7) is 9.92. The highest BCUT2D eigenvalue weighted by atomic mass is 32.1. The van der Waals surface area contributed by atoms with Gasteiger partial charge in [0, 0.05) is 35.5 Å². The molecule has 3 heterocycles. The van der Waals surface area contributed by atoms with E-state index in [0.717, 1.165) is 28.1 Å². The van der Waals surface area contributed by atoms with Crippen molar-refractivity contribution < 1.29 is 4.74 Å². The van der Waals surface area contributed by atoms with Crippen molar-refractivity contribution in [2.24, 2.45) is 5.10 Å². The summed E-state index contributed by atoms with van der Waals surface area (Å²) in [5, 5.41) is 5.45. The summed E-state index contributed by atoms with van der Waals surface area (Å²) in [5.74, 6) is 0.747. The lowest BCUT2D eigenvalue weighted by atomic mass is 10.2. The molecule has 3 rings (SSSR count). The zero-order valence-electron chi connectivity index (χ0n) is 15.3. The van der Waals surface area contributed by atoms with Crippen LogP contribution < -0.4 is 5.43 Å². The van der Waals surface area contributed by atoms with Crippen molar-refractivity contribution in [1.82, 2.24) is 14.5 Å². The summed E-state index contributed by atoms with van der Waals surface area (Å²) in [5.41, 5.74) is 7.75. The normalized spacial score (nSPS) is 11.7. The number of anilines is 1. The lowest BCUT2D eigenvalue weighted by molar-refractivity contribution is 0.186. The Labute approximate surface area is 151 Å². The van der Waals surface area contributed by atoms with Gasteiger partial charge in [-0.1, -0.05) is 0 Å². The van der Waals surface area contributed by atoms with E-state index in [1.54, 1.807) is 24.8 Å². The predicted molar refractivity (Wildman–Crippen MR) is 104 cm³/mol. The van der Waals surface area contributed by atoms with Gasteiger partial charge in [0.1, 0.15) is 11.2 Å². The van der Waals surface area contributed by atoms with Gasteiger partial charge in [-0.2, -0.15) is 5.10 Å². The molecule has 0 aliphatic rings. The topological polar surface area (TPSA) is 64.3 Å². The molecule has 25 heavy (non-hydrogen) atoms. The summed E-state index contributed by atoms with van der Waals surface area (Å²) in [6.07, 6.45) is 3.42. The molecule has 0 saturated heterocycles. The van der Waals surface area contributed by atoms with E-state index in [1.165, 1.54) is 21.8 Å². The smallest absolute Gasteiger partial charge is 0.158 e. The summed E-state index contributed by atoms with van der Waals surface area (Å²) in [4.78, 5) is 10.9. The Morgan fingerprint density at radius 2 is 2.08 bits per heavy atom. The number of rotatable bonds is 6. The van der Waals surface area contributed by atoms with Crippen molar-refractivity contribution in [3.8, 4) is 0 Å². The van der Waals surface area contributed by atoms with Crippen LogP contribution in [-0.4, -0.2) is 34.5 Å².